The van der Waals surface area contributed by atoms with Gasteiger partial charge in [-0.1, -0.05) is 44.2 Å². The molecule has 1 aromatic carbocycles. The molecule has 3 rings (SSSR count). The molecule has 1 aliphatic rings. The van der Waals surface area contributed by atoms with Gasteiger partial charge in [0.05, 0.1) is 6.54 Å². The molecule has 1 amide bonds. The fourth-order valence-corrected chi connectivity index (χ4v) is 2.96. The van der Waals surface area contributed by atoms with Crippen LogP contribution in [0.15, 0.2) is 34.7 Å². The lowest BCUT2D eigenvalue weighted by Gasteiger charge is -2.28. The number of nitrogens with two attached hydrogens (primary N) is 1. The Hall–Kier alpha value is -2.14. The molecule has 1 atom stereocenters. The van der Waals surface area contributed by atoms with Gasteiger partial charge in [0, 0.05) is 19.4 Å². The number of carbonyl (C=O) groups is 1. The molecule has 2 N–H and O–H groups in total. The van der Waals surface area contributed by atoms with Gasteiger partial charge in [-0.2, -0.15) is 0 Å². The largest absolute Gasteiger partial charge is 0.445 e. The number of aromatic nitrogens is 1. The average molecular weight is 327 g/mol. The predicted octanol–water partition coefficient (Wildman–Crippen LogP) is 2.85. The van der Waals surface area contributed by atoms with E-state index in [1.54, 1.807) is 4.90 Å². The molecular formula is C19H25N3O2. The monoisotopic (exact) mass is 327 g/mol. The van der Waals surface area contributed by atoms with Gasteiger partial charge in [-0.3, -0.25) is 4.79 Å². The van der Waals surface area contributed by atoms with Gasteiger partial charge in [0.1, 0.15) is 17.5 Å². The molecule has 1 aromatic heterocycles. The van der Waals surface area contributed by atoms with Gasteiger partial charge in [-0.25, -0.2) is 4.98 Å². The van der Waals surface area contributed by atoms with Crippen molar-refractivity contribution in [3.05, 3.63) is 53.2 Å². The number of rotatable bonds is 5. The van der Waals surface area contributed by atoms with Crippen molar-refractivity contribution in [1.82, 2.24) is 9.88 Å². The molecule has 5 heteroatoms. The highest BCUT2D eigenvalue weighted by Crippen LogP contribution is 2.23. The van der Waals surface area contributed by atoms with Gasteiger partial charge in [0.15, 0.2) is 5.89 Å². The van der Waals surface area contributed by atoms with E-state index in [0.717, 1.165) is 35.7 Å². The van der Waals surface area contributed by atoms with Crippen molar-refractivity contribution in [3.63, 3.8) is 0 Å². The number of carbonyl (C=O) groups excluding carboxylic acids is 1. The smallest absolute Gasteiger partial charge is 0.244 e. The van der Waals surface area contributed by atoms with Crippen LogP contribution in [-0.2, 0) is 24.2 Å². The van der Waals surface area contributed by atoms with Gasteiger partial charge >= 0.3 is 0 Å². The van der Waals surface area contributed by atoms with E-state index in [0.29, 0.717) is 25.4 Å². The molecule has 0 aliphatic carbocycles. The Morgan fingerprint density at radius 3 is 2.79 bits per heavy atom. The van der Waals surface area contributed by atoms with Crippen LogP contribution in [0.25, 0.3) is 0 Å². The highest BCUT2D eigenvalue weighted by molar-refractivity contribution is 5.83. The van der Waals surface area contributed by atoms with Gasteiger partial charge < -0.3 is 15.1 Å². The predicted molar refractivity (Wildman–Crippen MR) is 92.2 cm³/mol. The molecule has 0 spiro atoms. The normalized spacial score (nSPS) is 15.4. The zero-order valence-corrected chi connectivity index (χ0v) is 14.4. The van der Waals surface area contributed by atoms with Crippen LogP contribution in [0.3, 0.4) is 0 Å². The van der Waals surface area contributed by atoms with E-state index >= 15 is 0 Å². The van der Waals surface area contributed by atoms with E-state index in [1.165, 1.54) is 0 Å². The fourth-order valence-electron chi connectivity index (χ4n) is 2.96. The molecule has 0 bridgehead atoms. The molecular weight excluding hydrogens is 302 g/mol. The van der Waals surface area contributed by atoms with Crippen molar-refractivity contribution in [2.75, 3.05) is 6.54 Å². The lowest BCUT2D eigenvalue weighted by atomic mass is 10.0. The average Bonchev–Trinajstić information content (AvgIpc) is 3.01. The molecule has 0 radical (unpaired) electrons. The fraction of sp³-hybridized carbons (Fsp3) is 0.474. The van der Waals surface area contributed by atoms with Crippen LogP contribution in [0.4, 0.5) is 0 Å². The molecule has 5 nitrogen and oxygen atoms in total. The van der Waals surface area contributed by atoms with E-state index in [9.17, 15) is 4.79 Å². The van der Waals surface area contributed by atoms with Crippen molar-refractivity contribution in [2.45, 2.75) is 45.7 Å². The second-order valence-electron chi connectivity index (χ2n) is 6.81. The highest BCUT2D eigenvalue weighted by Gasteiger charge is 2.28. The molecule has 0 saturated carbocycles. The summed E-state index contributed by atoms with van der Waals surface area (Å²) in [5.74, 6) is 2.27. The van der Waals surface area contributed by atoms with E-state index in [1.807, 2.05) is 30.3 Å². The van der Waals surface area contributed by atoms with Crippen LogP contribution in [0.2, 0.25) is 0 Å². The molecule has 2 heterocycles. The summed E-state index contributed by atoms with van der Waals surface area (Å²) >= 11 is 0. The number of benzene rings is 1. The maximum atomic E-state index is 12.7. The minimum atomic E-state index is -0.625. The summed E-state index contributed by atoms with van der Waals surface area (Å²) < 4.78 is 5.85. The Kier molecular flexibility index (Phi) is 5.00. The maximum Gasteiger partial charge on any atom is 0.244 e. The first-order valence-corrected chi connectivity index (χ1v) is 8.61. The van der Waals surface area contributed by atoms with Gasteiger partial charge in [-0.05, 0) is 17.9 Å². The number of aryl methyl sites for hydroxylation is 1. The Morgan fingerprint density at radius 2 is 2.08 bits per heavy atom. The van der Waals surface area contributed by atoms with Crippen molar-refractivity contribution >= 4 is 5.91 Å². The number of hydrogen-bond acceptors (Lipinski definition) is 4. The second-order valence-corrected chi connectivity index (χ2v) is 6.81. The zero-order valence-electron chi connectivity index (χ0n) is 14.4. The minimum Gasteiger partial charge on any atom is -0.445 e. The second kappa shape index (κ2) is 7.18. The number of fused-ring (bicyclic) bond motifs is 1. The van der Waals surface area contributed by atoms with Crippen LogP contribution >= 0.6 is 0 Å². The van der Waals surface area contributed by atoms with Crippen LogP contribution in [0.1, 0.15) is 49.2 Å². The van der Waals surface area contributed by atoms with E-state index in [-0.39, 0.29) is 5.91 Å². The molecule has 0 saturated heterocycles. The lowest BCUT2D eigenvalue weighted by molar-refractivity contribution is -0.133. The third kappa shape index (κ3) is 3.67. The van der Waals surface area contributed by atoms with Crippen LogP contribution in [0, 0.1) is 5.92 Å². The Labute approximate surface area is 142 Å². The summed E-state index contributed by atoms with van der Waals surface area (Å²) in [7, 11) is 0. The van der Waals surface area contributed by atoms with Crippen LogP contribution in [0.5, 0.6) is 0 Å². The van der Waals surface area contributed by atoms with E-state index in [2.05, 4.69) is 18.8 Å². The summed E-state index contributed by atoms with van der Waals surface area (Å²) in [4.78, 5) is 19.0. The van der Waals surface area contributed by atoms with Crippen molar-refractivity contribution in [1.29, 1.82) is 0 Å². The maximum absolute atomic E-state index is 12.7. The molecule has 128 valence electrons. The zero-order chi connectivity index (χ0) is 17.1. The minimum absolute atomic E-state index is 0.0569. The summed E-state index contributed by atoms with van der Waals surface area (Å²) in [5.41, 5.74) is 7.86. The van der Waals surface area contributed by atoms with Gasteiger partial charge in [0.25, 0.3) is 0 Å². The summed E-state index contributed by atoms with van der Waals surface area (Å²) in [6, 6.07) is 8.86. The Morgan fingerprint density at radius 1 is 1.33 bits per heavy atom. The first-order valence-electron chi connectivity index (χ1n) is 8.61. The standard InChI is InChI=1S/C19H25N3O2/c1-13(2)8-9-17-21-15-12-22(11-10-16(15)24-17)19(23)18(20)14-6-4-3-5-7-14/h3-7,13,18H,8-12,20H2,1-2H3/t18-/m1/s1. The number of hydrogen-bond donors (Lipinski definition) is 1. The van der Waals surface area contributed by atoms with Crippen LogP contribution in [-0.4, -0.2) is 22.3 Å². The first-order chi connectivity index (χ1) is 11.5. The van der Waals surface area contributed by atoms with Crippen molar-refractivity contribution in [2.24, 2.45) is 11.7 Å². The third-order valence-electron chi connectivity index (χ3n) is 4.44. The van der Waals surface area contributed by atoms with Gasteiger partial charge in [0.2, 0.25) is 5.91 Å². The molecule has 0 unspecified atom stereocenters. The highest BCUT2D eigenvalue weighted by atomic mass is 16.4. The van der Waals surface area contributed by atoms with Gasteiger partial charge in [-0.15, -0.1) is 0 Å². The number of oxazole rings is 1. The van der Waals surface area contributed by atoms with Crippen molar-refractivity contribution in [3.8, 4) is 0 Å². The topological polar surface area (TPSA) is 72.4 Å². The number of nitrogens with zero attached hydrogens (tertiary/aromatic N) is 2. The van der Waals surface area contributed by atoms with Crippen LogP contribution < -0.4 is 5.73 Å². The van der Waals surface area contributed by atoms with E-state index < -0.39 is 6.04 Å². The molecule has 0 fully saturated rings. The lowest BCUT2D eigenvalue weighted by Crippen LogP contribution is -2.41. The Bertz CT molecular complexity index is 694. The van der Waals surface area contributed by atoms with E-state index in [4.69, 9.17) is 10.2 Å². The summed E-state index contributed by atoms with van der Waals surface area (Å²) in [5, 5.41) is 0. The summed E-state index contributed by atoms with van der Waals surface area (Å²) in [6.07, 6.45) is 2.61. The molecule has 1 aliphatic heterocycles. The quantitative estimate of drug-likeness (QED) is 0.916. The number of amides is 1. The SMILES string of the molecule is CC(C)CCc1nc2c(o1)CCN(C(=O)[C@H](N)c1ccccc1)C2. The first kappa shape index (κ1) is 16.7. The Balaban J connectivity index is 1.67. The summed E-state index contributed by atoms with van der Waals surface area (Å²) in [6.45, 7) is 5.49. The van der Waals surface area contributed by atoms with Crippen molar-refractivity contribution < 1.29 is 9.21 Å². The molecule has 2 aromatic rings. The molecule has 24 heavy (non-hydrogen) atoms. The third-order valence-corrected chi connectivity index (χ3v) is 4.44.